The van der Waals surface area contributed by atoms with Crippen molar-refractivity contribution in [3.05, 3.63) is 34.2 Å². The highest BCUT2D eigenvalue weighted by molar-refractivity contribution is 5.68. The summed E-state index contributed by atoms with van der Waals surface area (Å²) in [6.45, 7) is 7.28. The van der Waals surface area contributed by atoms with Crippen LogP contribution in [0.2, 0.25) is 0 Å². The van der Waals surface area contributed by atoms with Crippen molar-refractivity contribution in [2.24, 2.45) is 0 Å². The zero-order valence-electron chi connectivity index (χ0n) is 11.2. The van der Waals surface area contributed by atoms with Crippen LogP contribution < -0.4 is 10.9 Å². The lowest BCUT2D eigenvalue weighted by Gasteiger charge is -2.22. The predicted octanol–water partition coefficient (Wildman–Crippen LogP) is 2.35. The standard InChI is InChI=1S/C13H20N2O3/c1-5-10(9-7-6-8-14-11(9)16)15-12(17)18-13(2,3)4/h6-8,10H,5H2,1-4H3,(H,14,16)(H,15,17). The van der Waals surface area contributed by atoms with Gasteiger partial charge in [-0.25, -0.2) is 4.79 Å². The average Bonchev–Trinajstić information content (AvgIpc) is 2.24. The molecule has 1 aromatic heterocycles. The molecule has 0 fully saturated rings. The van der Waals surface area contributed by atoms with Gasteiger partial charge in [0, 0.05) is 11.8 Å². The number of hydrogen-bond donors (Lipinski definition) is 2. The Morgan fingerprint density at radius 2 is 2.17 bits per heavy atom. The fourth-order valence-corrected chi connectivity index (χ4v) is 1.56. The molecule has 1 amide bonds. The maximum atomic E-state index is 11.7. The van der Waals surface area contributed by atoms with Crippen molar-refractivity contribution in [1.29, 1.82) is 0 Å². The van der Waals surface area contributed by atoms with Gasteiger partial charge in [-0.05, 0) is 39.3 Å². The smallest absolute Gasteiger partial charge is 0.408 e. The minimum atomic E-state index is -0.550. The molecule has 2 N–H and O–H groups in total. The molecule has 18 heavy (non-hydrogen) atoms. The van der Waals surface area contributed by atoms with Crippen LogP contribution in [0.4, 0.5) is 4.79 Å². The lowest BCUT2D eigenvalue weighted by atomic mass is 10.1. The predicted molar refractivity (Wildman–Crippen MR) is 69.5 cm³/mol. The van der Waals surface area contributed by atoms with Crippen LogP contribution >= 0.6 is 0 Å². The Kier molecular flexibility index (Phi) is 4.53. The van der Waals surface area contributed by atoms with Crippen molar-refractivity contribution in [1.82, 2.24) is 10.3 Å². The molecular weight excluding hydrogens is 232 g/mol. The van der Waals surface area contributed by atoms with E-state index < -0.39 is 11.7 Å². The summed E-state index contributed by atoms with van der Waals surface area (Å²) in [4.78, 5) is 25.9. The summed E-state index contributed by atoms with van der Waals surface area (Å²) < 4.78 is 5.17. The number of carbonyl (C=O) groups excluding carboxylic acids is 1. The highest BCUT2D eigenvalue weighted by Gasteiger charge is 2.20. The van der Waals surface area contributed by atoms with Crippen LogP contribution in [0.25, 0.3) is 0 Å². The highest BCUT2D eigenvalue weighted by Crippen LogP contribution is 2.14. The summed E-state index contributed by atoms with van der Waals surface area (Å²) in [7, 11) is 0. The van der Waals surface area contributed by atoms with E-state index in [0.717, 1.165) is 0 Å². The molecule has 0 spiro atoms. The van der Waals surface area contributed by atoms with E-state index in [0.29, 0.717) is 12.0 Å². The first-order valence-electron chi connectivity index (χ1n) is 6.00. The Morgan fingerprint density at radius 1 is 1.50 bits per heavy atom. The number of aromatic nitrogens is 1. The van der Waals surface area contributed by atoms with E-state index in [1.165, 1.54) is 0 Å². The maximum absolute atomic E-state index is 11.7. The van der Waals surface area contributed by atoms with E-state index >= 15 is 0 Å². The summed E-state index contributed by atoms with van der Waals surface area (Å²) in [5.74, 6) is 0. The molecule has 0 aliphatic heterocycles. The van der Waals surface area contributed by atoms with Crippen LogP contribution in [0, 0.1) is 0 Å². The van der Waals surface area contributed by atoms with Crippen molar-refractivity contribution in [2.75, 3.05) is 0 Å². The van der Waals surface area contributed by atoms with Crippen molar-refractivity contribution in [2.45, 2.75) is 45.8 Å². The fourth-order valence-electron chi connectivity index (χ4n) is 1.56. The first kappa shape index (κ1) is 14.3. The first-order valence-corrected chi connectivity index (χ1v) is 6.00. The van der Waals surface area contributed by atoms with E-state index in [1.807, 2.05) is 6.92 Å². The van der Waals surface area contributed by atoms with E-state index in [4.69, 9.17) is 4.74 Å². The molecule has 1 atom stereocenters. The van der Waals surface area contributed by atoms with Crippen molar-refractivity contribution < 1.29 is 9.53 Å². The monoisotopic (exact) mass is 252 g/mol. The second-order valence-electron chi connectivity index (χ2n) is 5.06. The number of H-pyrrole nitrogens is 1. The number of ether oxygens (including phenoxy) is 1. The average molecular weight is 252 g/mol. The molecule has 0 saturated heterocycles. The topological polar surface area (TPSA) is 71.2 Å². The summed E-state index contributed by atoms with van der Waals surface area (Å²) in [5.41, 5.74) is -0.211. The van der Waals surface area contributed by atoms with Gasteiger partial charge >= 0.3 is 6.09 Å². The zero-order valence-corrected chi connectivity index (χ0v) is 11.2. The second kappa shape index (κ2) is 5.71. The molecule has 0 aromatic carbocycles. The van der Waals surface area contributed by atoms with Gasteiger partial charge in [-0.2, -0.15) is 0 Å². The van der Waals surface area contributed by atoms with Gasteiger partial charge in [0.1, 0.15) is 5.60 Å². The lowest BCUT2D eigenvalue weighted by molar-refractivity contribution is 0.0502. The minimum absolute atomic E-state index is 0.194. The fraction of sp³-hybridized carbons (Fsp3) is 0.538. The van der Waals surface area contributed by atoms with Gasteiger partial charge in [-0.15, -0.1) is 0 Å². The van der Waals surface area contributed by atoms with Gasteiger partial charge in [0.25, 0.3) is 5.56 Å². The number of amides is 1. The number of nitrogens with one attached hydrogen (secondary N) is 2. The number of carbonyl (C=O) groups is 1. The number of alkyl carbamates (subject to hydrolysis) is 1. The third-order valence-corrected chi connectivity index (χ3v) is 2.32. The van der Waals surface area contributed by atoms with Gasteiger partial charge in [-0.3, -0.25) is 4.79 Å². The SMILES string of the molecule is CCC(NC(=O)OC(C)(C)C)c1ccc[nH]c1=O. The molecule has 5 nitrogen and oxygen atoms in total. The Bertz CT molecular complexity index is 460. The van der Waals surface area contributed by atoms with Crippen molar-refractivity contribution in [3.8, 4) is 0 Å². The third-order valence-electron chi connectivity index (χ3n) is 2.32. The maximum Gasteiger partial charge on any atom is 0.408 e. The van der Waals surface area contributed by atoms with E-state index in [2.05, 4.69) is 10.3 Å². The Labute approximate surface area is 107 Å². The quantitative estimate of drug-likeness (QED) is 0.867. The molecule has 1 unspecified atom stereocenters. The van der Waals surface area contributed by atoms with Crippen LogP contribution in [0.15, 0.2) is 23.1 Å². The summed E-state index contributed by atoms with van der Waals surface area (Å²) in [5, 5.41) is 2.70. The summed E-state index contributed by atoms with van der Waals surface area (Å²) in [6.07, 6.45) is 1.66. The second-order valence-corrected chi connectivity index (χ2v) is 5.06. The number of pyridine rings is 1. The summed E-state index contributed by atoms with van der Waals surface area (Å²) in [6, 6.07) is 3.09. The number of rotatable bonds is 3. The number of aromatic amines is 1. The highest BCUT2D eigenvalue weighted by atomic mass is 16.6. The van der Waals surface area contributed by atoms with E-state index in [-0.39, 0.29) is 11.6 Å². The Morgan fingerprint density at radius 3 is 2.67 bits per heavy atom. The third kappa shape index (κ3) is 4.24. The molecule has 0 radical (unpaired) electrons. The van der Waals surface area contributed by atoms with Crippen LogP contribution in [0.3, 0.4) is 0 Å². The molecule has 1 aromatic rings. The largest absolute Gasteiger partial charge is 0.444 e. The Balaban J connectivity index is 2.78. The number of hydrogen-bond acceptors (Lipinski definition) is 3. The first-order chi connectivity index (χ1) is 8.33. The van der Waals surface area contributed by atoms with Crippen LogP contribution in [0.5, 0.6) is 0 Å². The molecule has 1 heterocycles. The molecule has 0 aliphatic carbocycles. The van der Waals surface area contributed by atoms with E-state index in [9.17, 15) is 9.59 Å². The molecule has 0 saturated carbocycles. The molecular formula is C13H20N2O3. The molecule has 0 aliphatic rings. The van der Waals surface area contributed by atoms with Crippen LogP contribution in [-0.2, 0) is 4.74 Å². The normalized spacial score (nSPS) is 12.9. The molecule has 1 rings (SSSR count). The van der Waals surface area contributed by atoms with Crippen LogP contribution in [0.1, 0.15) is 45.7 Å². The lowest BCUT2D eigenvalue weighted by Crippen LogP contribution is -2.36. The molecule has 0 bridgehead atoms. The van der Waals surface area contributed by atoms with Gasteiger partial charge in [0.05, 0.1) is 6.04 Å². The van der Waals surface area contributed by atoms with Gasteiger partial charge in [0.15, 0.2) is 0 Å². The van der Waals surface area contributed by atoms with Gasteiger partial charge in [-0.1, -0.05) is 6.92 Å². The van der Waals surface area contributed by atoms with Crippen molar-refractivity contribution in [3.63, 3.8) is 0 Å². The van der Waals surface area contributed by atoms with Gasteiger partial charge in [0.2, 0.25) is 0 Å². The van der Waals surface area contributed by atoms with Gasteiger partial charge < -0.3 is 15.0 Å². The summed E-state index contributed by atoms with van der Waals surface area (Å²) >= 11 is 0. The van der Waals surface area contributed by atoms with Crippen LogP contribution in [-0.4, -0.2) is 16.7 Å². The Hall–Kier alpha value is -1.78. The van der Waals surface area contributed by atoms with E-state index in [1.54, 1.807) is 39.1 Å². The zero-order chi connectivity index (χ0) is 13.8. The minimum Gasteiger partial charge on any atom is -0.444 e. The van der Waals surface area contributed by atoms with Crippen molar-refractivity contribution >= 4 is 6.09 Å². The molecule has 100 valence electrons. The molecule has 5 heteroatoms.